The summed E-state index contributed by atoms with van der Waals surface area (Å²) in [5, 5.41) is 0. The summed E-state index contributed by atoms with van der Waals surface area (Å²) < 4.78 is 19.1. The first-order chi connectivity index (χ1) is 12.1. The van der Waals surface area contributed by atoms with Crippen molar-refractivity contribution in [3.8, 4) is 5.75 Å². The normalized spacial score (nSPS) is 10.6. The van der Waals surface area contributed by atoms with Crippen molar-refractivity contribution in [2.45, 2.75) is 45.4 Å². The Morgan fingerprint density at radius 3 is 2.68 bits per heavy atom. The fraction of sp³-hybridized carbons (Fsp3) is 0.381. The lowest BCUT2D eigenvalue weighted by Crippen LogP contribution is -2.09. The number of hydrogen-bond acceptors (Lipinski definition) is 2. The predicted molar refractivity (Wildman–Crippen MR) is 103 cm³/mol. The van der Waals surface area contributed by atoms with E-state index < -0.39 is 0 Å². The van der Waals surface area contributed by atoms with Crippen LogP contribution in [-0.2, 0) is 17.6 Å². The van der Waals surface area contributed by atoms with Crippen molar-refractivity contribution < 1.29 is 13.9 Å². The van der Waals surface area contributed by atoms with Crippen molar-refractivity contribution in [2.24, 2.45) is 0 Å². The molecule has 0 saturated carbocycles. The lowest BCUT2D eigenvalue weighted by atomic mass is 9.96. The van der Waals surface area contributed by atoms with E-state index in [4.69, 9.17) is 4.74 Å². The summed E-state index contributed by atoms with van der Waals surface area (Å²) >= 11 is 0. The molecule has 0 atom stereocenters. The second-order valence-electron chi connectivity index (χ2n) is 6.50. The molecule has 4 heteroatoms. The van der Waals surface area contributed by atoms with Crippen LogP contribution in [0.4, 0.5) is 4.39 Å². The summed E-state index contributed by atoms with van der Waals surface area (Å²) in [6.45, 7) is 2.62. The Morgan fingerprint density at radius 1 is 1.12 bits per heavy atom. The smallest absolute Gasteiger partial charge is 0.143 e. The van der Waals surface area contributed by atoms with E-state index in [0.29, 0.717) is 36.4 Å². The lowest BCUT2D eigenvalue weighted by Gasteiger charge is -2.08. The van der Waals surface area contributed by atoms with E-state index in [0.717, 1.165) is 36.8 Å². The van der Waals surface area contributed by atoms with Crippen LogP contribution in [0.5, 0.6) is 5.75 Å². The lowest BCUT2D eigenvalue weighted by molar-refractivity contribution is -0.118. The highest BCUT2D eigenvalue weighted by Gasteiger charge is 2.05. The number of hydrogen-bond donors (Lipinski definition) is 0. The summed E-state index contributed by atoms with van der Waals surface area (Å²) in [6.07, 6.45) is 5.13. The number of unbranched alkanes of at least 4 members (excludes halogenated alkanes) is 2. The van der Waals surface area contributed by atoms with Crippen molar-refractivity contribution in [1.82, 2.24) is 0 Å². The van der Waals surface area contributed by atoms with E-state index in [-0.39, 0.29) is 5.82 Å². The van der Waals surface area contributed by atoms with Crippen LogP contribution < -0.4 is 10.2 Å². The van der Waals surface area contributed by atoms with Crippen molar-refractivity contribution in [2.75, 3.05) is 6.61 Å². The summed E-state index contributed by atoms with van der Waals surface area (Å²) in [5.41, 5.74) is 2.80. The summed E-state index contributed by atoms with van der Waals surface area (Å²) in [7, 11) is 1.73. The van der Waals surface area contributed by atoms with E-state index in [1.54, 1.807) is 20.0 Å². The standard InChI is InChI=1S/C21H26BFO2/c1-2-3-4-8-18(24)14-17-7-5-6-16(13-17)11-12-25-19-9-10-20(22)21(23)15-19/h5-7,9-10,13,15H,2-4,8,11-12,14,22H2,1H3. The van der Waals surface area contributed by atoms with E-state index in [1.165, 1.54) is 6.07 Å². The van der Waals surface area contributed by atoms with Gasteiger partial charge in [-0.25, -0.2) is 4.39 Å². The number of carbonyl (C=O) groups is 1. The number of halogens is 1. The third kappa shape index (κ3) is 6.73. The van der Waals surface area contributed by atoms with Crippen molar-refractivity contribution in [1.29, 1.82) is 0 Å². The Bertz CT molecular complexity index is 700. The average Bonchev–Trinajstić information content (AvgIpc) is 2.59. The van der Waals surface area contributed by atoms with Gasteiger partial charge in [-0.3, -0.25) is 4.79 Å². The molecular weight excluding hydrogens is 314 g/mol. The SMILES string of the molecule is Bc1ccc(OCCc2cccc(CC(=O)CCCCC)c2)cc1F. The first kappa shape index (κ1) is 19.2. The minimum atomic E-state index is -0.249. The van der Waals surface area contributed by atoms with Gasteiger partial charge < -0.3 is 4.74 Å². The monoisotopic (exact) mass is 340 g/mol. The first-order valence-corrected chi connectivity index (χ1v) is 9.07. The Labute approximate surface area is 150 Å². The van der Waals surface area contributed by atoms with Gasteiger partial charge in [0.1, 0.15) is 25.2 Å². The molecule has 0 N–H and O–H groups in total. The maximum absolute atomic E-state index is 13.5. The van der Waals surface area contributed by atoms with Crippen LogP contribution in [-0.4, -0.2) is 20.2 Å². The molecule has 0 heterocycles. The van der Waals surface area contributed by atoms with Crippen LogP contribution in [0, 0.1) is 5.82 Å². The molecule has 0 aliphatic rings. The number of carbonyl (C=O) groups excluding carboxylic acids is 1. The topological polar surface area (TPSA) is 26.3 Å². The largest absolute Gasteiger partial charge is 0.493 e. The molecule has 2 aromatic rings. The zero-order valence-electron chi connectivity index (χ0n) is 15.2. The zero-order valence-corrected chi connectivity index (χ0v) is 15.2. The van der Waals surface area contributed by atoms with Crippen LogP contribution >= 0.6 is 0 Å². The molecular formula is C21H26BFO2. The van der Waals surface area contributed by atoms with Crippen molar-refractivity contribution in [3.63, 3.8) is 0 Å². The molecule has 0 saturated heterocycles. The molecule has 132 valence electrons. The Balaban J connectivity index is 1.82. The Kier molecular flexibility index (Phi) is 7.71. The molecule has 25 heavy (non-hydrogen) atoms. The minimum Gasteiger partial charge on any atom is -0.493 e. The molecule has 2 aromatic carbocycles. The third-order valence-corrected chi connectivity index (χ3v) is 4.25. The molecule has 0 unspecified atom stereocenters. The maximum Gasteiger partial charge on any atom is 0.143 e. The van der Waals surface area contributed by atoms with E-state index in [9.17, 15) is 9.18 Å². The van der Waals surface area contributed by atoms with Gasteiger partial charge in [0.25, 0.3) is 0 Å². The van der Waals surface area contributed by atoms with E-state index in [1.807, 2.05) is 18.2 Å². The molecule has 2 rings (SSSR count). The molecule has 0 aliphatic carbocycles. The van der Waals surface area contributed by atoms with Crippen LogP contribution in [0.1, 0.15) is 43.7 Å². The summed E-state index contributed by atoms with van der Waals surface area (Å²) in [4.78, 5) is 12.0. The average molecular weight is 340 g/mol. The van der Waals surface area contributed by atoms with Crippen LogP contribution in [0.2, 0.25) is 0 Å². The van der Waals surface area contributed by atoms with Gasteiger partial charge >= 0.3 is 0 Å². The van der Waals surface area contributed by atoms with Gasteiger partial charge in [0.05, 0.1) is 6.61 Å². The van der Waals surface area contributed by atoms with Crippen molar-refractivity contribution in [3.05, 3.63) is 59.4 Å². The van der Waals surface area contributed by atoms with Gasteiger partial charge in [0, 0.05) is 25.3 Å². The van der Waals surface area contributed by atoms with Crippen molar-refractivity contribution >= 4 is 19.1 Å². The van der Waals surface area contributed by atoms with Gasteiger partial charge in [0.2, 0.25) is 0 Å². The maximum atomic E-state index is 13.5. The highest BCUT2D eigenvalue weighted by Crippen LogP contribution is 2.13. The van der Waals surface area contributed by atoms with E-state index in [2.05, 4.69) is 13.0 Å². The molecule has 0 aromatic heterocycles. The van der Waals surface area contributed by atoms with Gasteiger partial charge in [-0.1, -0.05) is 55.6 Å². The van der Waals surface area contributed by atoms with Gasteiger partial charge in [-0.15, -0.1) is 0 Å². The molecule has 0 spiro atoms. The highest BCUT2D eigenvalue weighted by atomic mass is 19.1. The number of ether oxygens (including phenoxy) is 1. The molecule has 2 nitrogen and oxygen atoms in total. The fourth-order valence-corrected chi connectivity index (χ4v) is 2.73. The Hall–Kier alpha value is -2.10. The second-order valence-corrected chi connectivity index (χ2v) is 6.50. The second kappa shape index (κ2) is 10.0. The number of Topliss-reactive ketones (excluding diaryl/α,β-unsaturated/α-hetero) is 1. The molecule has 0 radical (unpaired) electrons. The fourth-order valence-electron chi connectivity index (χ4n) is 2.73. The van der Waals surface area contributed by atoms with Gasteiger partial charge in [0.15, 0.2) is 0 Å². The molecule has 0 amide bonds. The number of benzene rings is 2. The van der Waals surface area contributed by atoms with Gasteiger partial charge in [-0.2, -0.15) is 0 Å². The Morgan fingerprint density at radius 2 is 1.92 bits per heavy atom. The predicted octanol–water partition coefficient (Wildman–Crippen LogP) is 3.40. The zero-order chi connectivity index (χ0) is 18.1. The molecule has 0 fully saturated rings. The number of ketones is 1. The first-order valence-electron chi connectivity index (χ1n) is 9.07. The van der Waals surface area contributed by atoms with Crippen LogP contribution in [0.25, 0.3) is 0 Å². The third-order valence-electron chi connectivity index (χ3n) is 4.25. The molecule has 0 aliphatic heterocycles. The quantitative estimate of drug-likeness (QED) is 0.489. The summed E-state index contributed by atoms with van der Waals surface area (Å²) in [6, 6.07) is 13.0. The minimum absolute atomic E-state index is 0.249. The van der Waals surface area contributed by atoms with Crippen LogP contribution in [0.15, 0.2) is 42.5 Å². The summed E-state index contributed by atoms with van der Waals surface area (Å²) in [5.74, 6) is 0.600. The molecule has 0 bridgehead atoms. The highest BCUT2D eigenvalue weighted by molar-refractivity contribution is 6.32. The van der Waals surface area contributed by atoms with Gasteiger partial charge in [-0.05, 0) is 23.6 Å². The van der Waals surface area contributed by atoms with E-state index >= 15 is 0 Å². The van der Waals surface area contributed by atoms with Crippen LogP contribution in [0.3, 0.4) is 0 Å². The number of rotatable bonds is 10.